The molecule has 0 aromatic carbocycles. The van der Waals surface area contributed by atoms with Crippen molar-refractivity contribution in [2.75, 3.05) is 24.6 Å². The van der Waals surface area contributed by atoms with Gasteiger partial charge in [-0.15, -0.1) is 0 Å². The number of pyridine rings is 2. The van der Waals surface area contributed by atoms with E-state index >= 15 is 0 Å². The molecule has 2 aliphatic rings. The number of fused-ring (bicyclic) bond motifs is 1. The Labute approximate surface area is 146 Å². The Kier molecular flexibility index (Phi) is 3.77. The van der Waals surface area contributed by atoms with Gasteiger partial charge in [0.2, 0.25) is 5.95 Å². The number of aliphatic hydroxyl groups is 2. The fourth-order valence-electron chi connectivity index (χ4n) is 4.00. The van der Waals surface area contributed by atoms with Crippen LogP contribution in [0.25, 0.3) is 0 Å². The molecule has 1 saturated carbocycles. The molecule has 132 valence electrons. The summed E-state index contributed by atoms with van der Waals surface area (Å²) in [4.78, 5) is 10.4. The Hall–Kier alpha value is -2.05. The number of aliphatic hydroxyl groups excluding tert-OH is 1. The van der Waals surface area contributed by atoms with E-state index in [-0.39, 0.29) is 0 Å². The number of halogens is 1. The molecule has 0 radical (unpaired) electrons. The van der Waals surface area contributed by atoms with Crippen molar-refractivity contribution in [2.45, 2.75) is 25.9 Å². The van der Waals surface area contributed by atoms with Gasteiger partial charge in [-0.2, -0.15) is 4.39 Å². The van der Waals surface area contributed by atoms with Crippen LogP contribution in [0.4, 0.5) is 10.2 Å². The summed E-state index contributed by atoms with van der Waals surface area (Å²) in [7, 11) is 0. The third kappa shape index (κ3) is 2.69. The summed E-state index contributed by atoms with van der Waals surface area (Å²) >= 11 is 0. The van der Waals surface area contributed by atoms with Crippen LogP contribution < -0.4 is 4.90 Å². The van der Waals surface area contributed by atoms with Gasteiger partial charge in [-0.3, -0.25) is 0 Å². The lowest BCUT2D eigenvalue weighted by molar-refractivity contribution is 0.0156. The van der Waals surface area contributed by atoms with Gasteiger partial charge in [-0.25, -0.2) is 9.97 Å². The highest BCUT2D eigenvalue weighted by atomic mass is 19.1. The lowest BCUT2D eigenvalue weighted by atomic mass is 9.84. The Balaban J connectivity index is 1.70. The number of hydrogen-bond acceptors (Lipinski definition) is 5. The van der Waals surface area contributed by atoms with Crippen LogP contribution in [0.15, 0.2) is 24.5 Å². The molecule has 1 saturated heterocycles. The maximum atomic E-state index is 13.3. The highest BCUT2D eigenvalue weighted by Gasteiger charge is 2.45. The van der Waals surface area contributed by atoms with E-state index in [1.165, 1.54) is 18.7 Å². The fraction of sp³-hybridized carbons (Fsp3) is 0.474. The minimum absolute atomic E-state index is 0.386. The van der Waals surface area contributed by atoms with Gasteiger partial charge in [0.25, 0.3) is 0 Å². The quantitative estimate of drug-likeness (QED) is 0.830. The first-order chi connectivity index (χ1) is 11.9. The first kappa shape index (κ1) is 16.4. The number of hydrogen-bond donors (Lipinski definition) is 2. The van der Waals surface area contributed by atoms with Crippen LogP contribution in [-0.4, -0.2) is 39.9 Å². The standard InChI is InChI=1S/C19H22FN3O2/c1-11-3-17(20)21-6-15(11)19(25,10-24)16-7-22-18(4-12(16)2)23-8-13-5-14(13)9-23/h3-4,6-7,13-14,24-25H,5,8-10H2,1-2H3. The van der Waals surface area contributed by atoms with Gasteiger partial charge in [0.05, 0.1) is 6.61 Å². The highest BCUT2D eigenvalue weighted by Crippen LogP contribution is 2.46. The molecule has 2 aromatic rings. The Morgan fingerprint density at radius 3 is 2.28 bits per heavy atom. The van der Waals surface area contributed by atoms with Crippen LogP contribution in [0.2, 0.25) is 0 Å². The van der Waals surface area contributed by atoms with E-state index in [1.54, 1.807) is 13.1 Å². The predicted molar refractivity (Wildman–Crippen MR) is 91.8 cm³/mol. The van der Waals surface area contributed by atoms with Gasteiger partial charge in [0.15, 0.2) is 0 Å². The molecule has 2 aromatic heterocycles. The van der Waals surface area contributed by atoms with Crippen LogP contribution in [0.5, 0.6) is 0 Å². The van der Waals surface area contributed by atoms with Gasteiger partial charge in [-0.1, -0.05) is 0 Å². The molecule has 4 rings (SSSR count). The van der Waals surface area contributed by atoms with Gasteiger partial charge >= 0.3 is 0 Å². The van der Waals surface area contributed by atoms with Gasteiger partial charge in [0.1, 0.15) is 11.4 Å². The second-order valence-corrected chi connectivity index (χ2v) is 7.36. The van der Waals surface area contributed by atoms with Crippen molar-refractivity contribution in [1.29, 1.82) is 0 Å². The number of aryl methyl sites for hydroxylation is 2. The van der Waals surface area contributed by atoms with Gasteiger partial charge in [0, 0.05) is 36.6 Å². The first-order valence-corrected chi connectivity index (χ1v) is 8.60. The normalized spacial score (nSPS) is 24.1. The molecule has 2 fully saturated rings. The molecular weight excluding hydrogens is 321 g/mol. The Bertz CT molecular complexity index is 818. The SMILES string of the molecule is Cc1cc(F)ncc1C(O)(CO)c1cnc(N2CC3CC3C2)cc1C. The van der Waals surface area contributed by atoms with Gasteiger partial charge < -0.3 is 15.1 Å². The highest BCUT2D eigenvalue weighted by molar-refractivity contribution is 5.49. The molecule has 2 N–H and O–H groups in total. The van der Waals surface area contributed by atoms with Crippen molar-refractivity contribution in [1.82, 2.24) is 9.97 Å². The van der Waals surface area contributed by atoms with Crippen molar-refractivity contribution < 1.29 is 14.6 Å². The molecule has 0 spiro atoms. The van der Waals surface area contributed by atoms with Crippen LogP contribution in [0, 0.1) is 31.6 Å². The molecule has 3 unspecified atom stereocenters. The van der Waals surface area contributed by atoms with Crippen molar-refractivity contribution in [3.63, 3.8) is 0 Å². The number of aromatic nitrogens is 2. The van der Waals surface area contributed by atoms with E-state index in [9.17, 15) is 14.6 Å². The molecule has 6 heteroatoms. The monoisotopic (exact) mass is 343 g/mol. The lowest BCUT2D eigenvalue weighted by Gasteiger charge is -2.30. The summed E-state index contributed by atoms with van der Waals surface area (Å²) in [6.07, 6.45) is 4.23. The first-order valence-electron chi connectivity index (χ1n) is 8.60. The summed E-state index contributed by atoms with van der Waals surface area (Å²) in [6.45, 7) is 5.14. The Morgan fingerprint density at radius 1 is 1.12 bits per heavy atom. The fourth-order valence-corrected chi connectivity index (χ4v) is 4.00. The summed E-state index contributed by atoms with van der Waals surface area (Å²) in [5.74, 6) is 1.91. The van der Waals surface area contributed by atoms with Crippen LogP contribution in [0.1, 0.15) is 28.7 Å². The van der Waals surface area contributed by atoms with E-state index in [0.717, 1.165) is 36.3 Å². The van der Waals surface area contributed by atoms with Crippen molar-refractivity contribution in [2.24, 2.45) is 11.8 Å². The minimum atomic E-state index is -1.66. The molecule has 1 aliphatic carbocycles. The maximum absolute atomic E-state index is 13.3. The smallest absolute Gasteiger partial charge is 0.213 e. The number of nitrogens with zero attached hydrogens (tertiary/aromatic N) is 3. The molecule has 0 bridgehead atoms. The van der Waals surface area contributed by atoms with Crippen LogP contribution in [0.3, 0.4) is 0 Å². The summed E-state index contributed by atoms with van der Waals surface area (Å²) in [5, 5.41) is 21.1. The van der Waals surface area contributed by atoms with Gasteiger partial charge in [-0.05, 0) is 55.4 Å². The third-order valence-corrected chi connectivity index (χ3v) is 5.60. The number of anilines is 1. The largest absolute Gasteiger partial charge is 0.393 e. The van der Waals surface area contributed by atoms with Crippen molar-refractivity contribution in [3.8, 4) is 0 Å². The average Bonchev–Trinajstić information content (AvgIpc) is 3.19. The summed E-state index contributed by atoms with van der Waals surface area (Å²) in [5.41, 5.74) is 0.613. The zero-order valence-electron chi connectivity index (χ0n) is 14.4. The maximum Gasteiger partial charge on any atom is 0.213 e. The predicted octanol–water partition coefficient (Wildman–Crippen LogP) is 1.92. The van der Waals surface area contributed by atoms with Crippen molar-refractivity contribution in [3.05, 3.63) is 52.7 Å². The van der Waals surface area contributed by atoms with Crippen molar-refractivity contribution >= 4 is 5.82 Å². The van der Waals surface area contributed by atoms with E-state index in [0.29, 0.717) is 16.7 Å². The molecule has 3 atom stereocenters. The summed E-state index contributed by atoms with van der Waals surface area (Å²) < 4.78 is 13.3. The zero-order chi connectivity index (χ0) is 17.8. The molecule has 5 nitrogen and oxygen atoms in total. The topological polar surface area (TPSA) is 69.5 Å². The molecule has 0 amide bonds. The molecule has 3 heterocycles. The van der Waals surface area contributed by atoms with E-state index in [4.69, 9.17) is 0 Å². The molecule has 1 aliphatic heterocycles. The second-order valence-electron chi connectivity index (χ2n) is 7.36. The average molecular weight is 343 g/mol. The summed E-state index contributed by atoms with van der Waals surface area (Å²) in [6, 6.07) is 3.20. The zero-order valence-corrected chi connectivity index (χ0v) is 14.4. The number of rotatable bonds is 4. The molecule has 25 heavy (non-hydrogen) atoms. The Morgan fingerprint density at radius 2 is 1.72 bits per heavy atom. The van der Waals surface area contributed by atoms with E-state index in [2.05, 4.69) is 14.9 Å². The second kappa shape index (κ2) is 5.75. The molecular formula is C19H22FN3O2. The van der Waals surface area contributed by atoms with Crippen LogP contribution >= 0.6 is 0 Å². The van der Waals surface area contributed by atoms with E-state index < -0.39 is 18.2 Å². The lowest BCUT2D eigenvalue weighted by Crippen LogP contribution is -2.34. The third-order valence-electron chi connectivity index (χ3n) is 5.60. The van der Waals surface area contributed by atoms with Crippen LogP contribution in [-0.2, 0) is 5.60 Å². The van der Waals surface area contributed by atoms with E-state index in [1.807, 2.05) is 13.0 Å². The number of piperidine rings is 1. The minimum Gasteiger partial charge on any atom is -0.393 e.